The number of aromatic hydroxyl groups is 2. The summed E-state index contributed by atoms with van der Waals surface area (Å²) >= 11 is 0. The summed E-state index contributed by atoms with van der Waals surface area (Å²) < 4.78 is 5.80. The maximum atomic E-state index is 9.96. The van der Waals surface area contributed by atoms with Gasteiger partial charge in [-0.25, -0.2) is 0 Å². The lowest BCUT2D eigenvalue weighted by molar-refractivity contribution is -0.00109. The van der Waals surface area contributed by atoms with Gasteiger partial charge >= 0.3 is 0 Å². The number of hydrogen-bond donors (Lipinski definition) is 3. The Morgan fingerprint density at radius 1 is 1.29 bits per heavy atom. The Kier molecular flexibility index (Phi) is 5.85. The van der Waals surface area contributed by atoms with E-state index in [2.05, 4.69) is 4.90 Å². The van der Waals surface area contributed by atoms with Crippen molar-refractivity contribution in [3.8, 4) is 11.5 Å². The fraction of sp³-hybridized carbons (Fsp3) is 0.625. The minimum absolute atomic E-state index is 0.00353. The fourth-order valence-electron chi connectivity index (χ4n) is 2.91. The van der Waals surface area contributed by atoms with Crippen molar-refractivity contribution in [1.82, 2.24) is 4.90 Å². The normalized spacial score (nSPS) is 18.8. The van der Waals surface area contributed by atoms with Crippen LogP contribution in [0.2, 0.25) is 0 Å². The van der Waals surface area contributed by atoms with Crippen molar-refractivity contribution < 1.29 is 14.9 Å². The maximum Gasteiger partial charge on any atom is 0.124 e. The van der Waals surface area contributed by atoms with Crippen molar-refractivity contribution in [2.24, 2.45) is 5.73 Å². The van der Waals surface area contributed by atoms with Crippen LogP contribution >= 0.6 is 0 Å². The molecule has 1 unspecified atom stereocenters. The molecule has 0 spiro atoms. The summed E-state index contributed by atoms with van der Waals surface area (Å²) in [5.74, 6) is 0.313. The van der Waals surface area contributed by atoms with E-state index in [1.54, 1.807) is 18.2 Å². The maximum absolute atomic E-state index is 9.96. The van der Waals surface area contributed by atoms with Gasteiger partial charge < -0.3 is 20.7 Å². The summed E-state index contributed by atoms with van der Waals surface area (Å²) in [5.41, 5.74) is 6.07. The number of nitrogens with two attached hydrogens (primary N) is 1. The number of phenols is 2. The number of nitrogens with zero attached hydrogens (tertiary/aromatic N) is 1. The number of phenolic OH excluding ortho intramolecular Hbond substituents is 2. The third kappa shape index (κ3) is 4.09. The minimum atomic E-state index is -0.00353. The lowest BCUT2D eigenvalue weighted by Gasteiger charge is -2.36. The van der Waals surface area contributed by atoms with Crippen molar-refractivity contribution >= 4 is 0 Å². The molecule has 1 saturated heterocycles. The van der Waals surface area contributed by atoms with Gasteiger partial charge in [-0.05, 0) is 44.9 Å². The minimum Gasteiger partial charge on any atom is -0.507 e. The van der Waals surface area contributed by atoms with Crippen LogP contribution in [0.3, 0.4) is 0 Å². The summed E-state index contributed by atoms with van der Waals surface area (Å²) in [5, 5.41) is 19.9. The van der Waals surface area contributed by atoms with E-state index in [1.165, 1.54) is 0 Å². The van der Waals surface area contributed by atoms with Crippen LogP contribution in [0.25, 0.3) is 0 Å². The molecule has 2 rings (SSSR count). The second-order valence-corrected chi connectivity index (χ2v) is 5.63. The molecular formula is C16H26N2O3. The van der Waals surface area contributed by atoms with E-state index in [0.29, 0.717) is 18.2 Å². The zero-order valence-corrected chi connectivity index (χ0v) is 12.7. The summed E-state index contributed by atoms with van der Waals surface area (Å²) in [7, 11) is 0. The van der Waals surface area contributed by atoms with Crippen LogP contribution in [-0.2, 0) is 4.74 Å². The van der Waals surface area contributed by atoms with Crippen LogP contribution < -0.4 is 5.73 Å². The first-order valence-corrected chi connectivity index (χ1v) is 7.70. The summed E-state index contributed by atoms with van der Waals surface area (Å²) in [6.45, 7) is 5.23. The average Bonchev–Trinajstić information content (AvgIpc) is 2.48. The molecule has 1 aliphatic rings. The van der Waals surface area contributed by atoms with Crippen molar-refractivity contribution in [2.45, 2.75) is 38.3 Å². The Bertz CT molecular complexity index is 425. The molecule has 1 fully saturated rings. The molecule has 0 saturated carbocycles. The standard InChI is InChI=1S/C16H26N2O3/c1-12(16-14(19)4-2-5-15(16)20)18-9-6-13(7-10-18)21-11-3-8-17/h2,4-5,12-13,19-20H,3,6-11,17H2,1H3. The first kappa shape index (κ1) is 16.1. The third-order valence-electron chi connectivity index (χ3n) is 4.20. The van der Waals surface area contributed by atoms with E-state index in [1.807, 2.05) is 6.92 Å². The molecule has 0 amide bonds. The molecule has 5 nitrogen and oxygen atoms in total. The topological polar surface area (TPSA) is 79.0 Å². The number of piperidine rings is 1. The smallest absolute Gasteiger partial charge is 0.124 e. The first-order valence-electron chi connectivity index (χ1n) is 7.70. The van der Waals surface area contributed by atoms with Crippen molar-refractivity contribution in [3.63, 3.8) is 0 Å². The molecule has 4 N–H and O–H groups in total. The number of benzene rings is 1. The van der Waals surface area contributed by atoms with E-state index in [0.717, 1.165) is 39.0 Å². The Labute approximate surface area is 126 Å². The van der Waals surface area contributed by atoms with Crippen LogP contribution in [0.15, 0.2) is 18.2 Å². The quantitative estimate of drug-likeness (QED) is 0.699. The molecule has 118 valence electrons. The zero-order valence-electron chi connectivity index (χ0n) is 12.7. The highest BCUT2D eigenvalue weighted by Crippen LogP contribution is 2.36. The van der Waals surface area contributed by atoms with Gasteiger partial charge in [-0.15, -0.1) is 0 Å². The monoisotopic (exact) mass is 294 g/mol. The zero-order chi connectivity index (χ0) is 15.2. The predicted octanol–water partition coefficient (Wildman–Crippen LogP) is 1.99. The van der Waals surface area contributed by atoms with Crippen molar-refractivity contribution in [3.05, 3.63) is 23.8 Å². The van der Waals surface area contributed by atoms with Gasteiger partial charge in [0.15, 0.2) is 0 Å². The largest absolute Gasteiger partial charge is 0.507 e. The lowest BCUT2D eigenvalue weighted by atomic mass is 10.00. The van der Waals surface area contributed by atoms with Crippen LogP contribution in [0.1, 0.15) is 37.8 Å². The molecule has 21 heavy (non-hydrogen) atoms. The highest BCUT2D eigenvalue weighted by atomic mass is 16.5. The molecule has 5 heteroatoms. The number of likely N-dealkylation sites (tertiary alicyclic amines) is 1. The SMILES string of the molecule is CC(c1c(O)cccc1O)N1CCC(OCCCN)CC1. The van der Waals surface area contributed by atoms with E-state index >= 15 is 0 Å². The van der Waals surface area contributed by atoms with Gasteiger partial charge in [0, 0.05) is 25.7 Å². The second-order valence-electron chi connectivity index (χ2n) is 5.63. The van der Waals surface area contributed by atoms with E-state index in [4.69, 9.17) is 10.5 Å². The van der Waals surface area contributed by atoms with Crippen LogP contribution in [0.5, 0.6) is 11.5 Å². The van der Waals surface area contributed by atoms with Gasteiger partial charge in [-0.2, -0.15) is 0 Å². The van der Waals surface area contributed by atoms with Crippen LogP contribution in [0.4, 0.5) is 0 Å². The predicted molar refractivity (Wildman–Crippen MR) is 82.4 cm³/mol. The molecule has 1 atom stereocenters. The highest BCUT2D eigenvalue weighted by molar-refractivity contribution is 5.45. The van der Waals surface area contributed by atoms with E-state index in [9.17, 15) is 10.2 Å². The molecule has 0 bridgehead atoms. The molecule has 0 radical (unpaired) electrons. The van der Waals surface area contributed by atoms with E-state index < -0.39 is 0 Å². The molecule has 1 aromatic carbocycles. The fourth-order valence-corrected chi connectivity index (χ4v) is 2.91. The van der Waals surface area contributed by atoms with Gasteiger partial charge in [0.25, 0.3) is 0 Å². The number of ether oxygens (including phenoxy) is 1. The second kappa shape index (κ2) is 7.64. The van der Waals surface area contributed by atoms with Crippen molar-refractivity contribution in [2.75, 3.05) is 26.2 Å². The third-order valence-corrected chi connectivity index (χ3v) is 4.20. The Balaban J connectivity index is 1.90. The van der Waals surface area contributed by atoms with Gasteiger partial charge in [-0.3, -0.25) is 4.90 Å². The molecule has 1 aromatic rings. The Hall–Kier alpha value is -1.30. The van der Waals surface area contributed by atoms with E-state index in [-0.39, 0.29) is 17.5 Å². The van der Waals surface area contributed by atoms with Gasteiger partial charge in [0.1, 0.15) is 11.5 Å². The van der Waals surface area contributed by atoms with Crippen LogP contribution in [0, 0.1) is 0 Å². The van der Waals surface area contributed by atoms with Gasteiger partial charge in [-0.1, -0.05) is 6.07 Å². The number of hydrogen-bond acceptors (Lipinski definition) is 5. The summed E-state index contributed by atoms with van der Waals surface area (Å²) in [6, 6.07) is 4.89. The molecule has 0 aliphatic carbocycles. The Morgan fingerprint density at radius 3 is 2.48 bits per heavy atom. The molecule has 1 aliphatic heterocycles. The summed E-state index contributed by atoms with van der Waals surface area (Å²) in [4.78, 5) is 2.28. The average molecular weight is 294 g/mol. The van der Waals surface area contributed by atoms with Crippen molar-refractivity contribution in [1.29, 1.82) is 0 Å². The van der Waals surface area contributed by atoms with Gasteiger partial charge in [0.05, 0.1) is 11.7 Å². The molecular weight excluding hydrogens is 268 g/mol. The molecule has 1 heterocycles. The first-order chi connectivity index (χ1) is 10.1. The summed E-state index contributed by atoms with van der Waals surface area (Å²) in [6.07, 6.45) is 3.16. The number of rotatable bonds is 6. The Morgan fingerprint density at radius 2 is 1.90 bits per heavy atom. The van der Waals surface area contributed by atoms with Crippen LogP contribution in [-0.4, -0.2) is 47.5 Å². The highest BCUT2D eigenvalue weighted by Gasteiger charge is 2.26. The van der Waals surface area contributed by atoms with Gasteiger partial charge in [0.2, 0.25) is 0 Å². The lowest BCUT2D eigenvalue weighted by Crippen LogP contribution is -2.38. The molecule has 0 aromatic heterocycles.